The van der Waals surface area contributed by atoms with Gasteiger partial charge in [-0.2, -0.15) is 0 Å². The molecular formula is C27H32N2O6. The molecule has 2 amide bonds. The van der Waals surface area contributed by atoms with Gasteiger partial charge in [-0.3, -0.25) is 4.79 Å². The van der Waals surface area contributed by atoms with Crippen LogP contribution in [-0.4, -0.2) is 55.5 Å². The van der Waals surface area contributed by atoms with E-state index >= 15 is 0 Å². The Bertz CT molecular complexity index is 1030. The van der Waals surface area contributed by atoms with Gasteiger partial charge in [0.1, 0.15) is 12.6 Å². The second kappa shape index (κ2) is 11.4. The summed E-state index contributed by atoms with van der Waals surface area (Å²) in [6.45, 7) is 0.476. The van der Waals surface area contributed by atoms with E-state index in [1.54, 1.807) is 0 Å². The van der Waals surface area contributed by atoms with E-state index in [1.165, 1.54) is 18.2 Å². The lowest BCUT2D eigenvalue weighted by molar-refractivity contribution is -0.143. The van der Waals surface area contributed by atoms with Crippen LogP contribution in [0.3, 0.4) is 0 Å². The van der Waals surface area contributed by atoms with E-state index in [0.717, 1.165) is 24.0 Å². The number of aliphatic carboxylic acids is 1. The zero-order valence-corrected chi connectivity index (χ0v) is 19.9. The molecule has 3 N–H and O–H groups in total. The van der Waals surface area contributed by atoms with Crippen LogP contribution < -0.4 is 10.6 Å². The average Bonchev–Trinajstić information content (AvgIpc) is 3.19. The molecule has 0 spiro atoms. The van der Waals surface area contributed by atoms with Gasteiger partial charge in [-0.1, -0.05) is 55.0 Å². The number of carboxylic acids is 1. The predicted molar refractivity (Wildman–Crippen MR) is 130 cm³/mol. The summed E-state index contributed by atoms with van der Waals surface area (Å²) < 4.78 is 10.6. The number of ether oxygens (including phenoxy) is 2. The lowest BCUT2D eigenvalue weighted by Gasteiger charge is -2.29. The summed E-state index contributed by atoms with van der Waals surface area (Å²) in [4.78, 5) is 36.7. The highest BCUT2D eigenvalue weighted by molar-refractivity contribution is 5.85. The molecule has 0 aliphatic heterocycles. The van der Waals surface area contributed by atoms with E-state index in [1.807, 2.05) is 24.3 Å². The molecule has 1 saturated carbocycles. The van der Waals surface area contributed by atoms with Crippen molar-refractivity contribution in [2.45, 2.75) is 50.1 Å². The highest BCUT2D eigenvalue weighted by Crippen LogP contribution is 2.44. The molecule has 2 aromatic rings. The van der Waals surface area contributed by atoms with Crippen molar-refractivity contribution >= 4 is 18.0 Å². The molecule has 0 aromatic heterocycles. The third-order valence-corrected chi connectivity index (χ3v) is 6.94. The van der Waals surface area contributed by atoms with Crippen molar-refractivity contribution < 1.29 is 29.0 Å². The van der Waals surface area contributed by atoms with Gasteiger partial charge in [-0.25, -0.2) is 9.59 Å². The maximum atomic E-state index is 12.7. The first-order valence-corrected chi connectivity index (χ1v) is 12.1. The topological polar surface area (TPSA) is 114 Å². The highest BCUT2D eigenvalue weighted by atomic mass is 16.5. The normalized spacial score (nSPS) is 19.8. The number of rotatable bonds is 9. The number of alkyl carbamates (subject to hydrolysis) is 1. The molecule has 3 atom stereocenters. The van der Waals surface area contributed by atoms with Gasteiger partial charge in [0.2, 0.25) is 5.91 Å². The van der Waals surface area contributed by atoms with Crippen molar-refractivity contribution in [2.24, 2.45) is 5.92 Å². The Morgan fingerprint density at radius 3 is 2.31 bits per heavy atom. The van der Waals surface area contributed by atoms with Crippen molar-refractivity contribution in [2.75, 3.05) is 20.3 Å². The molecule has 4 rings (SSSR count). The maximum absolute atomic E-state index is 12.7. The second-order valence-electron chi connectivity index (χ2n) is 9.21. The number of methoxy groups -OCH3 is 1. The summed E-state index contributed by atoms with van der Waals surface area (Å²) in [5, 5.41) is 14.9. The molecule has 0 radical (unpaired) electrons. The van der Waals surface area contributed by atoms with Crippen molar-refractivity contribution in [1.29, 1.82) is 0 Å². The maximum Gasteiger partial charge on any atom is 0.407 e. The zero-order chi connectivity index (χ0) is 24.8. The Morgan fingerprint density at radius 1 is 1.03 bits per heavy atom. The number of benzene rings is 2. The number of carboxylic acid groups (broad SMARTS) is 1. The highest BCUT2D eigenvalue weighted by Gasteiger charge is 2.32. The Kier molecular flexibility index (Phi) is 8.02. The Hall–Kier alpha value is -3.39. The van der Waals surface area contributed by atoms with E-state index in [0.29, 0.717) is 12.8 Å². The minimum Gasteiger partial charge on any atom is -0.480 e. The number of carbonyl (C=O) groups excluding carboxylic acids is 2. The molecule has 2 aromatic carbocycles. The van der Waals surface area contributed by atoms with Crippen LogP contribution in [0.2, 0.25) is 0 Å². The second-order valence-corrected chi connectivity index (χ2v) is 9.21. The van der Waals surface area contributed by atoms with Gasteiger partial charge in [0, 0.05) is 38.0 Å². The van der Waals surface area contributed by atoms with Crippen LogP contribution in [0.25, 0.3) is 11.1 Å². The van der Waals surface area contributed by atoms with Crippen LogP contribution >= 0.6 is 0 Å². The van der Waals surface area contributed by atoms with Crippen molar-refractivity contribution in [3.05, 3.63) is 59.7 Å². The third-order valence-electron chi connectivity index (χ3n) is 6.94. The van der Waals surface area contributed by atoms with Crippen molar-refractivity contribution in [3.63, 3.8) is 0 Å². The lowest BCUT2D eigenvalue weighted by atomic mass is 9.85. The third kappa shape index (κ3) is 5.82. The smallest absolute Gasteiger partial charge is 0.407 e. The molecular weight excluding hydrogens is 448 g/mol. The Labute approximate surface area is 205 Å². The first kappa shape index (κ1) is 24.7. The van der Waals surface area contributed by atoms with Crippen LogP contribution in [0.4, 0.5) is 4.79 Å². The molecule has 1 fully saturated rings. The van der Waals surface area contributed by atoms with Gasteiger partial charge in [-0.05, 0) is 41.5 Å². The van der Waals surface area contributed by atoms with E-state index in [-0.39, 0.29) is 43.4 Å². The first-order chi connectivity index (χ1) is 17.0. The van der Waals surface area contributed by atoms with Crippen LogP contribution in [-0.2, 0) is 19.1 Å². The van der Waals surface area contributed by atoms with Gasteiger partial charge in [0.05, 0.1) is 0 Å². The fourth-order valence-electron chi connectivity index (χ4n) is 5.15. The molecule has 1 unspecified atom stereocenters. The van der Waals surface area contributed by atoms with E-state index in [9.17, 15) is 19.5 Å². The summed E-state index contributed by atoms with van der Waals surface area (Å²) in [5.41, 5.74) is 4.64. The largest absolute Gasteiger partial charge is 0.480 e. The molecule has 0 saturated heterocycles. The SMILES string of the molecule is COCCC(NC(=O)[C@@H]1CCC[C@@H](NC(=O)OCC2c3ccccc3-c3ccccc32)C1)C(=O)O. The minimum absolute atomic E-state index is 0.0157. The Morgan fingerprint density at radius 2 is 1.69 bits per heavy atom. The standard InChI is InChI=1S/C27H32N2O6/c1-34-14-13-24(26(31)32)29-25(30)17-7-6-8-18(15-17)28-27(33)35-16-23-21-11-4-2-9-19(21)20-10-3-5-12-22(20)23/h2-5,9-12,17-18,23-24H,6-8,13-16H2,1H3,(H,28,33)(H,29,30)(H,31,32)/t17-,18-,24?/m1/s1. The van der Waals surface area contributed by atoms with Gasteiger partial charge < -0.3 is 25.2 Å². The summed E-state index contributed by atoms with van der Waals surface area (Å²) in [6, 6.07) is 15.2. The van der Waals surface area contributed by atoms with E-state index < -0.39 is 18.1 Å². The van der Waals surface area contributed by atoms with Crippen molar-refractivity contribution in [1.82, 2.24) is 10.6 Å². The zero-order valence-electron chi connectivity index (χ0n) is 19.9. The molecule has 8 heteroatoms. The number of amides is 2. The van der Waals surface area contributed by atoms with Crippen molar-refractivity contribution in [3.8, 4) is 11.1 Å². The monoisotopic (exact) mass is 480 g/mol. The number of fused-ring (bicyclic) bond motifs is 3. The minimum atomic E-state index is -1.08. The van der Waals surface area contributed by atoms with E-state index in [2.05, 4.69) is 34.9 Å². The van der Waals surface area contributed by atoms with Crippen LogP contribution in [0.5, 0.6) is 0 Å². The van der Waals surface area contributed by atoms with Crippen LogP contribution in [0, 0.1) is 5.92 Å². The lowest BCUT2D eigenvalue weighted by Crippen LogP contribution is -2.47. The predicted octanol–water partition coefficient (Wildman–Crippen LogP) is 3.69. The Balaban J connectivity index is 1.30. The number of carbonyl (C=O) groups is 3. The number of hydrogen-bond donors (Lipinski definition) is 3. The van der Waals surface area contributed by atoms with Gasteiger partial charge >= 0.3 is 12.1 Å². The number of hydrogen-bond acceptors (Lipinski definition) is 5. The van der Waals surface area contributed by atoms with Crippen LogP contribution in [0.15, 0.2) is 48.5 Å². The van der Waals surface area contributed by atoms with Gasteiger partial charge in [0.25, 0.3) is 0 Å². The van der Waals surface area contributed by atoms with Crippen LogP contribution in [0.1, 0.15) is 49.1 Å². The summed E-state index contributed by atoms with van der Waals surface area (Å²) >= 11 is 0. The summed E-state index contributed by atoms with van der Waals surface area (Å²) in [5.74, 6) is -1.75. The van der Waals surface area contributed by atoms with Gasteiger partial charge in [0.15, 0.2) is 0 Å². The van der Waals surface area contributed by atoms with E-state index in [4.69, 9.17) is 9.47 Å². The van der Waals surface area contributed by atoms with Gasteiger partial charge in [-0.15, -0.1) is 0 Å². The molecule has 2 aliphatic carbocycles. The molecule has 186 valence electrons. The molecule has 0 heterocycles. The molecule has 8 nitrogen and oxygen atoms in total. The summed E-state index contributed by atoms with van der Waals surface area (Å²) in [6.07, 6.45) is 2.33. The quantitative estimate of drug-likeness (QED) is 0.504. The first-order valence-electron chi connectivity index (χ1n) is 12.1. The molecule has 35 heavy (non-hydrogen) atoms. The fourth-order valence-corrected chi connectivity index (χ4v) is 5.15. The molecule has 2 aliphatic rings. The average molecular weight is 481 g/mol. The summed E-state index contributed by atoms with van der Waals surface area (Å²) in [7, 11) is 1.49. The fraction of sp³-hybridized carbons (Fsp3) is 0.444. The number of nitrogens with one attached hydrogen (secondary N) is 2. The molecule has 0 bridgehead atoms.